The summed E-state index contributed by atoms with van der Waals surface area (Å²) in [5.41, 5.74) is 3.14. The van der Waals surface area contributed by atoms with Crippen LogP contribution in [0.1, 0.15) is 29.0 Å². The first-order valence-electron chi connectivity index (χ1n) is 10.9. The van der Waals surface area contributed by atoms with E-state index in [4.69, 9.17) is 11.6 Å². The highest BCUT2D eigenvalue weighted by molar-refractivity contribution is 6.30. The van der Waals surface area contributed by atoms with Gasteiger partial charge in [-0.1, -0.05) is 78.3 Å². The molecule has 0 radical (unpaired) electrons. The fourth-order valence-electron chi connectivity index (χ4n) is 5.78. The van der Waals surface area contributed by atoms with E-state index in [1.807, 2.05) is 83.8 Å². The summed E-state index contributed by atoms with van der Waals surface area (Å²) in [6.45, 7) is 4.50. The summed E-state index contributed by atoms with van der Waals surface area (Å²) in [4.78, 5) is 28.6. The van der Waals surface area contributed by atoms with E-state index in [0.29, 0.717) is 18.0 Å². The predicted molar refractivity (Wildman–Crippen MR) is 128 cm³/mol. The van der Waals surface area contributed by atoms with Crippen LogP contribution in [0.4, 0.5) is 5.69 Å². The minimum Gasteiger partial charge on any atom is -0.307 e. The molecule has 1 heterocycles. The van der Waals surface area contributed by atoms with Crippen LogP contribution >= 0.6 is 11.6 Å². The van der Waals surface area contributed by atoms with Gasteiger partial charge >= 0.3 is 0 Å². The molecule has 3 aromatic rings. The van der Waals surface area contributed by atoms with E-state index in [1.165, 1.54) is 0 Å². The molecular weight excluding hydrogens is 418 g/mol. The number of benzene rings is 3. The number of fused-ring (bicyclic) bond motifs is 2. The average molecular weight is 442 g/mol. The van der Waals surface area contributed by atoms with E-state index >= 15 is 0 Å². The molecule has 3 aromatic carbocycles. The summed E-state index contributed by atoms with van der Waals surface area (Å²) in [6, 6.07) is 25.6. The molecule has 0 aromatic heterocycles. The van der Waals surface area contributed by atoms with Crippen LogP contribution in [0.15, 0.2) is 91.5 Å². The summed E-state index contributed by atoms with van der Waals surface area (Å²) in [6.07, 6.45) is 3.41. The zero-order valence-electron chi connectivity index (χ0n) is 17.7. The molecule has 1 amide bonds. The van der Waals surface area contributed by atoms with Gasteiger partial charge in [0.15, 0.2) is 0 Å². The van der Waals surface area contributed by atoms with E-state index in [-0.39, 0.29) is 23.7 Å². The molecule has 0 saturated heterocycles. The Labute approximate surface area is 193 Å². The zero-order chi connectivity index (χ0) is 22.3. The van der Waals surface area contributed by atoms with Crippen molar-refractivity contribution >= 4 is 29.5 Å². The van der Waals surface area contributed by atoms with Crippen LogP contribution in [0.5, 0.6) is 0 Å². The summed E-state index contributed by atoms with van der Waals surface area (Å²) in [7, 11) is 0. The smallest absolute Gasteiger partial charge is 0.238 e. The number of halogens is 1. The van der Waals surface area contributed by atoms with Crippen molar-refractivity contribution in [2.75, 3.05) is 4.90 Å². The second-order valence-electron chi connectivity index (χ2n) is 8.71. The van der Waals surface area contributed by atoms with Gasteiger partial charge in [-0.05, 0) is 47.2 Å². The minimum absolute atomic E-state index is 0.0544. The third kappa shape index (κ3) is 3.03. The van der Waals surface area contributed by atoms with Gasteiger partial charge in [0, 0.05) is 22.5 Å². The summed E-state index contributed by atoms with van der Waals surface area (Å²) >= 11 is 6.16. The number of hydrogen-bond acceptors (Lipinski definition) is 2. The average Bonchev–Trinajstić information content (AvgIpc) is 3.29. The molecule has 0 N–H and O–H groups in total. The fraction of sp³-hybridized carbons (Fsp3) is 0.214. The standard InChI is InChI=1S/C28H24ClNO2/c1-2-20-16-28(26(23(20)18-31)21-12-14-22(29)15-13-21)24-10-6-7-11-25(24)30(27(28)32)17-19-8-4-3-5-9-19/h2-15,18,20,23,26H,1,16-17H2/t20-,23-,26+,28-/m0/s1. The Hall–Kier alpha value is -3.17. The van der Waals surface area contributed by atoms with Crippen LogP contribution < -0.4 is 4.90 Å². The lowest BCUT2D eigenvalue weighted by molar-refractivity contribution is -0.124. The SMILES string of the molecule is C=C[C@H]1C[C@@]2(C(=O)N(Cc3ccccc3)c3ccccc32)[C@H](c2ccc(Cl)cc2)[C@H]1C=O. The van der Waals surface area contributed by atoms with Crippen LogP contribution in [0, 0.1) is 11.8 Å². The number of allylic oxidation sites excluding steroid dienone is 1. The molecule has 32 heavy (non-hydrogen) atoms. The van der Waals surface area contributed by atoms with Crippen molar-refractivity contribution in [2.45, 2.75) is 24.3 Å². The van der Waals surface area contributed by atoms with Crippen LogP contribution in [0.3, 0.4) is 0 Å². The highest BCUT2D eigenvalue weighted by Crippen LogP contribution is 2.62. The largest absolute Gasteiger partial charge is 0.307 e. The molecule has 0 unspecified atom stereocenters. The van der Waals surface area contributed by atoms with Crippen LogP contribution in [-0.4, -0.2) is 12.2 Å². The van der Waals surface area contributed by atoms with Crippen molar-refractivity contribution in [3.63, 3.8) is 0 Å². The molecule has 1 spiro atoms. The van der Waals surface area contributed by atoms with Gasteiger partial charge in [0.25, 0.3) is 0 Å². The number of anilines is 1. The van der Waals surface area contributed by atoms with E-state index in [0.717, 1.165) is 28.7 Å². The van der Waals surface area contributed by atoms with Gasteiger partial charge in [0.2, 0.25) is 5.91 Å². The summed E-state index contributed by atoms with van der Waals surface area (Å²) in [5.74, 6) is -0.641. The topological polar surface area (TPSA) is 37.4 Å². The Kier molecular flexibility index (Phi) is 5.22. The second kappa shape index (κ2) is 8.07. The number of carbonyl (C=O) groups excluding carboxylic acids is 2. The minimum atomic E-state index is -0.816. The summed E-state index contributed by atoms with van der Waals surface area (Å²) < 4.78 is 0. The van der Waals surface area contributed by atoms with Crippen molar-refractivity contribution in [1.29, 1.82) is 0 Å². The molecule has 160 valence electrons. The highest BCUT2D eigenvalue weighted by Gasteiger charge is 2.63. The fourth-order valence-corrected chi connectivity index (χ4v) is 5.91. The van der Waals surface area contributed by atoms with Gasteiger partial charge in [0.1, 0.15) is 6.29 Å². The van der Waals surface area contributed by atoms with Gasteiger partial charge in [0.05, 0.1) is 12.0 Å². The van der Waals surface area contributed by atoms with Gasteiger partial charge in [-0.15, -0.1) is 6.58 Å². The number of para-hydroxylation sites is 1. The molecule has 0 bridgehead atoms. The Bertz CT molecular complexity index is 1170. The first-order chi connectivity index (χ1) is 15.6. The van der Waals surface area contributed by atoms with E-state index in [9.17, 15) is 9.59 Å². The maximum absolute atomic E-state index is 14.3. The summed E-state index contributed by atoms with van der Waals surface area (Å²) in [5, 5.41) is 0.632. The number of aldehydes is 1. The molecule has 5 rings (SSSR count). The highest BCUT2D eigenvalue weighted by atomic mass is 35.5. The van der Waals surface area contributed by atoms with E-state index in [2.05, 4.69) is 12.6 Å². The molecule has 1 aliphatic carbocycles. The zero-order valence-corrected chi connectivity index (χ0v) is 18.4. The lowest BCUT2D eigenvalue weighted by Crippen LogP contribution is -2.43. The lowest BCUT2D eigenvalue weighted by atomic mass is 9.68. The number of rotatable bonds is 5. The number of nitrogens with zero attached hydrogens (tertiary/aromatic N) is 1. The molecular formula is C28H24ClNO2. The number of carbonyl (C=O) groups is 2. The Morgan fingerprint density at radius 3 is 2.38 bits per heavy atom. The van der Waals surface area contributed by atoms with Gasteiger partial charge in [-0.3, -0.25) is 4.79 Å². The van der Waals surface area contributed by atoms with Crippen molar-refractivity contribution in [3.8, 4) is 0 Å². The van der Waals surface area contributed by atoms with E-state index in [1.54, 1.807) is 0 Å². The van der Waals surface area contributed by atoms with Gasteiger partial charge < -0.3 is 9.69 Å². The Balaban J connectivity index is 1.70. The van der Waals surface area contributed by atoms with Crippen LogP contribution in [0.2, 0.25) is 5.02 Å². The quantitative estimate of drug-likeness (QED) is 0.363. The number of hydrogen-bond donors (Lipinski definition) is 0. The normalized spacial score (nSPS) is 26.3. The van der Waals surface area contributed by atoms with Gasteiger partial charge in [-0.25, -0.2) is 0 Å². The second-order valence-corrected chi connectivity index (χ2v) is 9.15. The molecule has 1 fully saturated rings. The van der Waals surface area contributed by atoms with Gasteiger partial charge in [-0.2, -0.15) is 0 Å². The van der Waals surface area contributed by atoms with Crippen LogP contribution in [0.25, 0.3) is 0 Å². The molecule has 4 heteroatoms. The first-order valence-corrected chi connectivity index (χ1v) is 11.3. The molecule has 1 aliphatic heterocycles. The monoisotopic (exact) mass is 441 g/mol. The maximum atomic E-state index is 14.3. The van der Waals surface area contributed by atoms with Crippen molar-refractivity contribution in [3.05, 3.63) is 113 Å². The lowest BCUT2D eigenvalue weighted by Gasteiger charge is -2.32. The molecule has 1 saturated carbocycles. The molecule has 3 nitrogen and oxygen atoms in total. The Morgan fingerprint density at radius 2 is 1.69 bits per heavy atom. The van der Waals surface area contributed by atoms with E-state index < -0.39 is 5.41 Å². The first kappa shape index (κ1) is 20.7. The Morgan fingerprint density at radius 1 is 1.00 bits per heavy atom. The maximum Gasteiger partial charge on any atom is 0.238 e. The van der Waals surface area contributed by atoms with Crippen molar-refractivity contribution in [2.24, 2.45) is 11.8 Å². The number of amides is 1. The van der Waals surface area contributed by atoms with Crippen molar-refractivity contribution < 1.29 is 9.59 Å². The third-order valence-electron chi connectivity index (χ3n) is 7.14. The molecule has 4 atom stereocenters. The van der Waals surface area contributed by atoms with Crippen LogP contribution in [-0.2, 0) is 21.5 Å². The molecule has 2 aliphatic rings. The third-order valence-corrected chi connectivity index (χ3v) is 7.39. The predicted octanol–water partition coefficient (Wildman–Crippen LogP) is 5.93. The van der Waals surface area contributed by atoms with Crippen molar-refractivity contribution in [1.82, 2.24) is 0 Å².